The highest BCUT2D eigenvalue weighted by molar-refractivity contribution is 5.95. The van der Waals surface area contributed by atoms with Crippen LogP contribution in [0.2, 0.25) is 0 Å². The maximum Gasteiger partial charge on any atom is 0.249 e. The number of nitroso groups, excluding NO2 is 2. The zero-order valence-corrected chi connectivity index (χ0v) is 23.0. The van der Waals surface area contributed by atoms with Crippen LogP contribution >= 0.6 is 0 Å². The summed E-state index contributed by atoms with van der Waals surface area (Å²) >= 11 is 0. The van der Waals surface area contributed by atoms with E-state index in [4.69, 9.17) is 5.84 Å². The molecule has 2 unspecified atom stereocenters. The van der Waals surface area contributed by atoms with E-state index in [1.165, 1.54) is 5.57 Å². The molecule has 0 aromatic heterocycles. The molecule has 3 atom stereocenters. The molecular weight excluding hydrogens is 512 g/mol. The van der Waals surface area contributed by atoms with E-state index in [2.05, 4.69) is 32.1 Å². The molecule has 0 aromatic carbocycles. The Hall–Kier alpha value is -3.80. The third-order valence-electron chi connectivity index (χ3n) is 7.83. The van der Waals surface area contributed by atoms with Gasteiger partial charge in [0.05, 0.1) is 6.54 Å². The first kappa shape index (κ1) is 29.2. The highest BCUT2D eigenvalue weighted by Gasteiger charge is 2.32. The second-order valence-electron chi connectivity index (χ2n) is 10.6. The number of amides is 2. The Kier molecular flexibility index (Phi) is 10.2. The molecular formula is C28H38N8O4. The Morgan fingerprint density at radius 2 is 1.90 bits per heavy atom. The van der Waals surface area contributed by atoms with E-state index in [1.54, 1.807) is 9.80 Å². The first-order chi connectivity index (χ1) is 19.5. The maximum atomic E-state index is 13.5. The summed E-state index contributed by atoms with van der Waals surface area (Å²) in [5.41, 5.74) is 4.70. The molecule has 0 bridgehead atoms. The fourth-order valence-electron chi connectivity index (χ4n) is 5.74. The van der Waals surface area contributed by atoms with Crippen LogP contribution in [0.15, 0.2) is 78.9 Å². The van der Waals surface area contributed by atoms with Gasteiger partial charge in [-0.2, -0.15) is 14.9 Å². The molecule has 214 valence electrons. The Morgan fingerprint density at radius 1 is 1.07 bits per heavy atom. The Balaban J connectivity index is 1.52. The lowest BCUT2D eigenvalue weighted by atomic mass is 9.84. The molecule has 4 aliphatic rings. The second-order valence-corrected chi connectivity index (χ2v) is 10.6. The number of carbonyl (C=O) groups is 2. The number of allylic oxidation sites excluding steroid dienone is 5. The van der Waals surface area contributed by atoms with Gasteiger partial charge in [-0.15, -0.1) is 0 Å². The van der Waals surface area contributed by atoms with Crippen LogP contribution in [-0.4, -0.2) is 72.6 Å². The third kappa shape index (κ3) is 7.04. The van der Waals surface area contributed by atoms with E-state index in [9.17, 15) is 19.4 Å². The zero-order valence-electron chi connectivity index (χ0n) is 23.0. The molecule has 0 spiro atoms. The molecule has 1 saturated heterocycles. The average molecular weight is 551 g/mol. The minimum Gasteiger partial charge on any atom is -0.339 e. The van der Waals surface area contributed by atoms with Crippen LogP contribution in [-0.2, 0) is 9.59 Å². The number of fused-ring (bicyclic) bond motifs is 1. The summed E-state index contributed by atoms with van der Waals surface area (Å²) in [5, 5.41) is 17.2. The van der Waals surface area contributed by atoms with Crippen molar-refractivity contribution >= 4 is 11.8 Å². The number of nitrogens with zero attached hydrogens (tertiary/aromatic N) is 6. The van der Waals surface area contributed by atoms with Crippen LogP contribution in [0.25, 0.3) is 0 Å². The van der Waals surface area contributed by atoms with Crippen molar-refractivity contribution in [3.8, 4) is 0 Å². The molecule has 12 nitrogen and oxygen atoms in total. The van der Waals surface area contributed by atoms with Gasteiger partial charge in [0, 0.05) is 49.8 Å². The first-order valence-electron chi connectivity index (χ1n) is 14.0. The minimum atomic E-state index is -0.454. The fourth-order valence-corrected chi connectivity index (χ4v) is 5.74. The summed E-state index contributed by atoms with van der Waals surface area (Å²) in [7, 11) is 0. The van der Waals surface area contributed by atoms with Crippen molar-refractivity contribution in [2.75, 3.05) is 32.7 Å². The summed E-state index contributed by atoms with van der Waals surface area (Å²) in [6.07, 6.45) is 13.9. The molecule has 2 aliphatic carbocycles. The minimum absolute atomic E-state index is 0.0106. The molecule has 3 N–H and O–H groups in total. The highest BCUT2D eigenvalue weighted by atomic mass is 16.3. The van der Waals surface area contributed by atoms with Crippen molar-refractivity contribution in [2.45, 2.75) is 70.1 Å². The van der Waals surface area contributed by atoms with Gasteiger partial charge >= 0.3 is 0 Å². The lowest BCUT2D eigenvalue weighted by Crippen LogP contribution is -2.39. The summed E-state index contributed by atoms with van der Waals surface area (Å²) in [5.74, 6) is 5.32. The van der Waals surface area contributed by atoms with Gasteiger partial charge in [-0.3, -0.25) is 14.9 Å². The molecule has 0 radical (unpaired) electrons. The van der Waals surface area contributed by atoms with Crippen LogP contribution < -0.4 is 11.2 Å². The van der Waals surface area contributed by atoms with E-state index in [0.29, 0.717) is 63.9 Å². The van der Waals surface area contributed by atoms with Crippen LogP contribution in [0.5, 0.6) is 0 Å². The number of hydrogen-bond donors (Lipinski definition) is 2. The molecule has 12 heteroatoms. The van der Waals surface area contributed by atoms with Crippen molar-refractivity contribution in [1.82, 2.24) is 15.1 Å². The molecule has 2 heterocycles. The molecule has 0 saturated carbocycles. The molecule has 0 aromatic rings. The molecule has 2 amide bonds. The highest BCUT2D eigenvalue weighted by Crippen LogP contribution is 2.34. The summed E-state index contributed by atoms with van der Waals surface area (Å²) < 4.78 is 0. The Morgan fingerprint density at radius 3 is 2.58 bits per heavy atom. The van der Waals surface area contributed by atoms with Crippen molar-refractivity contribution in [3.05, 3.63) is 68.1 Å². The van der Waals surface area contributed by atoms with Gasteiger partial charge in [-0.1, -0.05) is 46.8 Å². The number of nitrogens with one attached hydrogen (secondary N) is 1. The van der Waals surface area contributed by atoms with E-state index < -0.39 is 6.17 Å². The van der Waals surface area contributed by atoms with Gasteiger partial charge < -0.3 is 15.6 Å². The molecule has 40 heavy (non-hydrogen) atoms. The quantitative estimate of drug-likeness (QED) is 0.131. The van der Waals surface area contributed by atoms with E-state index in [0.717, 1.165) is 29.6 Å². The summed E-state index contributed by atoms with van der Waals surface area (Å²) in [4.78, 5) is 51.2. The largest absolute Gasteiger partial charge is 0.339 e. The van der Waals surface area contributed by atoms with Crippen molar-refractivity contribution in [3.63, 3.8) is 0 Å². The molecule has 4 rings (SSSR count). The van der Waals surface area contributed by atoms with Crippen molar-refractivity contribution < 1.29 is 9.59 Å². The predicted molar refractivity (Wildman–Crippen MR) is 152 cm³/mol. The van der Waals surface area contributed by atoms with Crippen LogP contribution in [0.4, 0.5) is 0 Å². The number of likely N-dealkylation sites (tertiary alicyclic amines) is 1. The van der Waals surface area contributed by atoms with Crippen LogP contribution in [0, 0.1) is 9.81 Å². The van der Waals surface area contributed by atoms with Crippen LogP contribution in [0.1, 0.15) is 51.9 Å². The monoisotopic (exact) mass is 550 g/mol. The lowest BCUT2D eigenvalue weighted by molar-refractivity contribution is -0.127. The molecule has 2 aliphatic heterocycles. The number of rotatable bonds is 11. The summed E-state index contributed by atoms with van der Waals surface area (Å²) in [6.45, 7) is 4.22. The average Bonchev–Trinajstić information content (AvgIpc) is 3.38. The van der Waals surface area contributed by atoms with Crippen molar-refractivity contribution in [2.24, 2.45) is 26.5 Å². The SMILES string of the molecule is CCCN(CCCN=O)C(=O)C1=CC2=CC=C(C3=CC=C(C(=O)N4CC[C@@H](N=O)C4)CC3)CC2NC(N=NN)C1. The number of nitrogens with two attached hydrogens (primary N) is 1. The molecule has 1 fully saturated rings. The fraction of sp³-hybridized carbons (Fsp3) is 0.571. The van der Waals surface area contributed by atoms with E-state index in [1.807, 2.05) is 31.2 Å². The van der Waals surface area contributed by atoms with Gasteiger partial charge in [0.1, 0.15) is 12.2 Å². The van der Waals surface area contributed by atoms with Gasteiger partial charge in [0.15, 0.2) is 0 Å². The third-order valence-corrected chi connectivity index (χ3v) is 7.83. The van der Waals surface area contributed by atoms with Gasteiger partial charge in [-0.25, -0.2) is 0 Å². The van der Waals surface area contributed by atoms with E-state index in [-0.39, 0.29) is 30.4 Å². The second kappa shape index (κ2) is 14.0. The normalized spacial score (nSPS) is 24.7. The summed E-state index contributed by atoms with van der Waals surface area (Å²) in [6, 6.07) is -0.383. The van der Waals surface area contributed by atoms with Crippen LogP contribution in [0.3, 0.4) is 0 Å². The number of hydrogen-bond acceptors (Lipinski definition) is 9. The lowest BCUT2D eigenvalue weighted by Gasteiger charge is -2.27. The smallest absolute Gasteiger partial charge is 0.249 e. The topological polar surface area (TPSA) is 162 Å². The first-order valence-corrected chi connectivity index (χ1v) is 14.0. The van der Waals surface area contributed by atoms with E-state index >= 15 is 0 Å². The Bertz CT molecular complexity index is 1180. The Labute approximate surface area is 234 Å². The number of carbonyl (C=O) groups excluding carboxylic acids is 2. The predicted octanol–water partition coefficient (Wildman–Crippen LogP) is 3.59. The van der Waals surface area contributed by atoms with Gasteiger partial charge in [0.25, 0.3) is 0 Å². The standard InChI is InChI=1S/C28H38N8O4/c1-2-12-35(13-3-11-30-39)28(38)23-15-22-9-8-21(16-25(22)31-26(17-23)32-34-29)19-4-6-20(7-5-19)27(37)36-14-10-24(18-36)33-40/h4,6,8-9,15,24-26,31H,2-3,5,7,10-14,16-18H2,1H3,(H2,29,32)/t24-,25?,26?/m1/s1. The zero-order chi connectivity index (χ0) is 28.5. The van der Waals surface area contributed by atoms with Gasteiger partial charge in [-0.05, 0) is 61.3 Å². The van der Waals surface area contributed by atoms with Crippen molar-refractivity contribution in [1.29, 1.82) is 0 Å². The van der Waals surface area contributed by atoms with Gasteiger partial charge in [0.2, 0.25) is 11.8 Å². The maximum absolute atomic E-state index is 13.5.